The molecule has 1 aromatic rings. The molecule has 2 atom stereocenters. The number of nitrogens with zero attached hydrogens (tertiary/aromatic N) is 2. The van der Waals surface area contributed by atoms with E-state index in [9.17, 15) is 0 Å². The van der Waals surface area contributed by atoms with Crippen molar-refractivity contribution >= 4 is 0 Å². The fourth-order valence-electron chi connectivity index (χ4n) is 2.70. The van der Waals surface area contributed by atoms with Crippen molar-refractivity contribution < 1.29 is 4.74 Å². The maximum atomic E-state index is 6.10. The Hall–Kier alpha value is -1.03. The summed E-state index contributed by atoms with van der Waals surface area (Å²) in [5.41, 5.74) is 7.31. The van der Waals surface area contributed by atoms with Gasteiger partial charge in [0, 0.05) is 19.0 Å². The van der Waals surface area contributed by atoms with Crippen molar-refractivity contribution in [1.29, 1.82) is 0 Å². The molecule has 0 aliphatic heterocycles. The molecule has 1 aliphatic carbocycles. The zero-order chi connectivity index (χ0) is 11.5. The summed E-state index contributed by atoms with van der Waals surface area (Å²) in [6.45, 7) is 0. The molecule has 0 spiro atoms. The molecule has 1 saturated carbocycles. The molecular formula is C12H21N3O. The highest BCUT2D eigenvalue weighted by molar-refractivity contribution is 5.28. The molecule has 16 heavy (non-hydrogen) atoms. The van der Waals surface area contributed by atoms with E-state index in [4.69, 9.17) is 10.5 Å². The van der Waals surface area contributed by atoms with E-state index in [-0.39, 0.29) is 0 Å². The summed E-state index contributed by atoms with van der Waals surface area (Å²) in [7, 11) is 3.69. The number of rotatable bonds is 2. The number of hydrogen-bond donors (Lipinski definition) is 1. The van der Waals surface area contributed by atoms with Gasteiger partial charge in [-0.3, -0.25) is 4.68 Å². The molecule has 0 saturated heterocycles. The molecule has 4 nitrogen and oxygen atoms in total. The third-order valence-corrected chi connectivity index (χ3v) is 3.52. The Kier molecular flexibility index (Phi) is 3.49. The highest BCUT2D eigenvalue weighted by atomic mass is 16.5. The number of methoxy groups -OCH3 is 1. The summed E-state index contributed by atoms with van der Waals surface area (Å²) in [6.07, 6.45) is 7.70. The van der Waals surface area contributed by atoms with E-state index in [1.165, 1.54) is 25.0 Å². The second kappa shape index (κ2) is 4.87. The van der Waals surface area contributed by atoms with Gasteiger partial charge in [0.05, 0.1) is 19.0 Å². The number of aromatic nitrogens is 2. The van der Waals surface area contributed by atoms with Gasteiger partial charge in [-0.05, 0) is 19.3 Å². The zero-order valence-corrected chi connectivity index (χ0v) is 10.1. The summed E-state index contributed by atoms with van der Waals surface area (Å²) in [4.78, 5) is 0. The van der Waals surface area contributed by atoms with Crippen LogP contribution in [0.3, 0.4) is 0 Å². The maximum Gasteiger partial charge on any atom is 0.160 e. The minimum absolute atomic E-state index is 0.326. The fourth-order valence-corrected chi connectivity index (χ4v) is 2.70. The van der Waals surface area contributed by atoms with Crippen molar-refractivity contribution in [2.24, 2.45) is 12.8 Å². The van der Waals surface area contributed by atoms with Crippen molar-refractivity contribution in [2.75, 3.05) is 7.11 Å². The molecule has 0 bridgehead atoms. The molecule has 0 aromatic carbocycles. The van der Waals surface area contributed by atoms with Crippen LogP contribution in [0.25, 0.3) is 0 Å². The lowest BCUT2D eigenvalue weighted by atomic mass is 9.94. The van der Waals surface area contributed by atoms with Crippen molar-refractivity contribution in [3.05, 3.63) is 11.9 Å². The average Bonchev–Trinajstić information content (AvgIpc) is 2.50. The molecule has 0 radical (unpaired) electrons. The summed E-state index contributed by atoms with van der Waals surface area (Å²) >= 11 is 0. The van der Waals surface area contributed by atoms with E-state index >= 15 is 0 Å². The summed E-state index contributed by atoms with van der Waals surface area (Å²) in [5.74, 6) is 1.40. The Morgan fingerprint density at radius 3 is 2.94 bits per heavy atom. The van der Waals surface area contributed by atoms with Gasteiger partial charge in [0.15, 0.2) is 5.75 Å². The third-order valence-electron chi connectivity index (χ3n) is 3.52. The molecular weight excluding hydrogens is 202 g/mol. The van der Waals surface area contributed by atoms with Gasteiger partial charge in [0.25, 0.3) is 0 Å². The first-order valence-electron chi connectivity index (χ1n) is 6.04. The highest BCUT2D eigenvalue weighted by Gasteiger charge is 2.24. The summed E-state index contributed by atoms with van der Waals surface area (Å²) < 4.78 is 7.30. The quantitative estimate of drug-likeness (QED) is 0.778. The van der Waals surface area contributed by atoms with Crippen LogP contribution in [0.1, 0.15) is 43.7 Å². The van der Waals surface area contributed by atoms with E-state index in [1.807, 2.05) is 11.7 Å². The number of ether oxygens (including phenoxy) is 1. The van der Waals surface area contributed by atoms with Crippen molar-refractivity contribution in [3.8, 4) is 5.75 Å². The molecule has 1 fully saturated rings. The van der Waals surface area contributed by atoms with Gasteiger partial charge in [0.2, 0.25) is 0 Å². The first-order valence-corrected chi connectivity index (χ1v) is 6.04. The normalized spacial score (nSPS) is 26.4. The Balaban J connectivity index is 2.23. The van der Waals surface area contributed by atoms with Crippen molar-refractivity contribution in [3.63, 3.8) is 0 Å². The fraction of sp³-hybridized carbons (Fsp3) is 0.750. The van der Waals surface area contributed by atoms with Gasteiger partial charge in [0.1, 0.15) is 0 Å². The van der Waals surface area contributed by atoms with E-state index in [2.05, 4.69) is 5.10 Å². The minimum atomic E-state index is 0.326. The van der Waals surface area contributed by atoms with Crippen LogP contribution in [0, 0.1) is 0 Å². The first-order chi connectivity index (χ1) is 7.72. The lowest BCUT2D eigenvalue weighted by Gasteiger charge is -2.18. The third kappa shape index (κ3) is 2.21. The lowest BCUT2D eigenvalue weighted by Crippen LogP contribution is -2.21. The molecule has 90 valence electrons. The lowest BCUT2D eigenvalue weighted by molar-refractivity contribution is 0.395. The van der Waals surface area contributed by atoms with Crippen molar-refractivity contribution in [1.82, 2.24) is 9.78 Å². The predicted molar refractivity (Wildman–Crippen MR) is 63.6 cm³/mol. The molecule has 0 amide bonds. The molecule has 2 unspecified atom stereocenters. The van der Waals surface area contributed by atoms with Crippen LogP contribution in [0.2, 0.25) is 0 Å². The molecule has 2 N–H and O–H groups in total. The standard InChI is InChI=1S/C12H21N3O/c1-15-12(11(16-2)8-14-15)9-5-3-4-6-10(13)7-9/h8-10H,3-7,13H2,1-2H3. The Morgan fingerprint density at radius 1 is 1.44 bits per heavy atom. The summed E-state index contributed by atoms with van der Waals surface area (Å²) in [5, 5.41) is 4.27. The number of aryl methyl sites for hydroxylation is 1. The number of hydrogen-bond acceptors (Lipinski definition) is 3. The smallest absolute Gasteiger partial charge is 0.160 e. The van der Waals surface area contributed by atoms with Crippen LogP contribution in [-0.4, -0.2) is 22.9 Å². The Labute approximate surface area is 96.8 Å². The average molecular weight is 223 g/mol. The van der Waals surface area contributed by atoms with Gasteiger partial charge in [-0.15, -0.1) is 0 Å². The Bertz CT molecular complexity index is 348. The van der Waals surface area contributed by atoms with Crippen LogP contribution in [0.4, 0.5) is 0 Å². The van der Waals surface area contributed by atoms with Crippen LogP contribution >= 0.6 is 0 Å². The van der Waals surface area contributed by atoms with Crippen LogP contribution < -0.4 is 10.5 Å². The van der Waals surface area contributed by atoms with Crippen LogP contribution in [0.15, 0.2) is 6.20 Å². The maximum absolute atomic E-state index is 6.10. The van der Waals surface area contributed by atoms with Gasteiger partial charge < -0.3 is 10.5 Å². The van der Waals surface area contributed by atoms with E-state index in [0.29, 0.717) is 12.0 Å². The first kappa shape index (κ1) is 11.5. The van der Waals surface area contributed by atoms with Crippen LogP contribution in [0.5, 0.6) is 5.75 Å². The minimum Gasteiger partial charge on any atom is -0.493 e. The topological polar surface area (TPSA) is 53.1 Å². The van der Waals surface area contributed by atoms with Crippen LogP contribution in [-0.2, 0) is 7.05 Å². The predicted octanol–water partition coefficient (Wildman–Crippen LogP) is 1.80. The molecule has 1 heterocycles. The largest absolute Gasteiger partial charge is 0.493 e. The summed E-state index contributed by atoms with van der Waals surface area (Å²) in [6, 6.07) is 0.326. The molecule has 2 rings (SSSR count). The SMILES string of the molecule is COc1cnn(C)c1C1CCCCC(N)C1. The monoisotopic (exact) mass is 223 g/mol. The second-order valence-corrected chi connectivity index (χ2v) is 4.70. The van der Waals surface area contributed by atoms with E-state index in [1.54, 1.807) is 13.3 Å². The van der Waals surface area contributed by atoms with Gasteiger partial charge in [-0.25, -0.2) is 0 Å². The highest BCUT2D eigenvalue weighted by Crippen LogP contribution is 2.35. The number of nitrogens with two attached hydrogens (primary N) is 1. The second-order valence-electron chi connectivity index (χ2n) is 4.70. The Morgan fingerprint density at radius 2 is 2.19 bits per heavy atom. The van der Waals surface area contributed by atoms with Crippen molar-refractivity contribution in [2.45, 2.75) is 44.1 Å². The van der Waals surface area contributed by atoms with Gasteiger partial charge >= 0.3 is 0 Å². The van der Waals surface area contributed by atoms with E-state index in [0.717, 1.165) is 18.6 Å². The molecule has 1 aliphatic rings. The van der Waals surface area contributed by atoms with Gasteiger partial charge in [-0.1, -0.05) is 12.8 Å². The zero-order valence-electron chi connectivity index (χ0n) is 10.1. The van der Waals surface area contributed by atoms with E-state index < -0.39 is 0 Å². The molecule has 4 heteroatoms. The van der Waals surface area contributed by atoms with Gasteiger partial charge in [-0.2, -0.15) is 5.10 Å². The molecule has 1 aromatic heterocycles.